The number of ether oxygens (including phenoxy) is 1. The molecule has 27 heavy (non-hydrogen) atoms. The van der Waals surface area contributed by atoms with Crippen molar-refractivity contribution < 1.29 is 4.74 Å². The molecule has 0 aliphatic carbocycles. The number of aromatic amines is 1. The molecule has 1 saturated heterocycles. The highest BCUT2D eigenvalue weighted by molar-refractivity contribution is 5.79. The van der Waals surface area contributed by atoms with Gasteiger partial charge < -0.3 is 19.5 Å². The predicted molar refractivity (Wildman–Crippen MR) is 110 cm³/mol. The van der Waals surface area contributed by atoms with Crippen molar-refractivity contribution in [2.24, 2.45) is 0 Å². The summed E-state index contributed by atoms with van der Waals surface area (Å²) in [6.07, 6.45) is 1.06. The predicted octanol–water partition coefficient (Wildman–Crippen LogP) is 3.55. The first kappa shape index (κ1) is 18.0. The molecule has 0 radical (unpaired) electrons. The van der Waals surface area contributed by atoms with Crippen LogP contribution in [-0.2, 0) is 0 Å². The quantitative estimate of drug-likeness (QED) is 0.680. The number of hydrogen-bond donors (Lipinski definition) is 1. The summed E-state index contributed by atoms with van der Waals surface area (Å²) in [6, 6.07) is 14.4. The van der Waals surface area contributed by atoms with Gasteiger partial charge in [0.15, 0.2) is 0 Å². The Kier molecular flexibility index (Phi) is 5.41. The summed E-state index contributed by atoms with van der Waals surface area (Å²) in [5, 5.41) is 0. The van der Waals surface area contributed by atoms with Crippen molar-refractivity contribution in [3.8, 4) is 17.1 Å². The molecule has 1 aromatic heterocycles. The zero-order valence-electron chi connectivity index (χ0n) is 16.2. The van der Waals surface area contributed by atoms with Crippen LogP contribution < -0.4 is 4.74 Å². The lowest BCUT2D eigenvalue weighted by atomic mass is 10.1. The third-order valence-corrected chi connectivity index (χ3v) is 5.31. The second kappa shape index (κ2) is 8.11. The molecule has 2 aromatic carbocycles. The van der Waals surface area contributed by atoms with E-state index in [-0.39, 0.29) is 0 Å². The zero-order valence-corrected chi connectivity index (χ0v) is 16.2. The fourth-order valence-electron chi connectivity index (χ4n) is 3.59. The van der Waals surface area contributed by atoms with Crippen LogP contribution in [0.4, 0.5) is 0 Å². The first-order chi connectivity index (χ1) is 13.2. The molecule has 4 rings (SSSR count). The first-order valence-electron chi connectivity index (χ1n) is 9.78. The van der Waals surface area contributed by atoms with Crippen LogP contribution in [0.1, 0.15) is 12.0 Å². The monoisotopic (exact) mass is 364 g/mol. The van der Waals surface area contributed by atoms with Gasteiger partial charge in [-0.3, -0.25) is 0 Å². The maximum absolute atomic E-state index is 6.03. The average Bonchev–Trinajstić information content (AvgIpc) is 3.12. The van der Waals surface area contributed by atoms with Gasteiger partial charge in [-0.25, -0.2) is 4.98 Å². The Balaban J connectivity index is 1.33. The molecule has 1 fully saturated rings. The van der Waals surface area contributed by atoms with Gasteiger partial charge in [0.05, 0.1) is 17.6 Å². The van der Waals surface area contributed by atoms with Gasteiger partial charge in [0.1, 0.15) is 11.6 Å². The van der Waals surface area contributed by atoms with Crippen LogP contribution in [-0.4, -0.2) is 66.1 Å². The molecule has 0 atom stereocenters. The minimum Gasteiger partial charge on any atom is -0.493 e. The normalized spacial score (nSPS) is 16.1. The number of H-pyrrole nitrogens is 1. The van der Waals surface area contributed by atoms with Gasteiger partial charge in [-0.2, -0.15) is 0 Å². The Morgan fingerprint density at radius 1 is 1.07 bits per heavy atom. The molecule has 0 unspecified atom stereocenters. The second-order valence-electron chi connectivity index (χ2n) is 7.43. The number of para-hydroxylation sites is 2. The molecule has 142 valence electrons. The van der Waals surface area contributed by atoms with E-state index in [0.717, 1.165) is 53.3 Å². The lowest BCUT2D eigenvalue weighted by molar-refractivity contribution is 0.145. The number of nitrogens with one attached hydrogen (secondary N) is 1. The number of piperazine rings is 1. The van der Waals surface area contributed by atoms with E-state index in [1.807, 2.05) is 18.2 Å². The zero-order chi connectivity index (χ0) is 18.6. The van der Waals surface area contributed by atoms with Gasteiger partial charge in [-0.15, -0.1) is 0 Å². The van der Waals surface area contributed by atoms with Gasteiger partial charge >= 0.3 is 0 Å². The van der Waals surface area contributed by atoms with Crippen LogP contribution in [0, 0.1) is 6.92 Å². The minimum atomic E-state index is 0.761. The number of aryl methyl sites for hydroxylation is 1. The Morgan fingerprint density at radius 2 is 1.89 bits per heavy atom. The highest BCUT2D eigenvalue weighted by atomic mass is 16.5. The highest BCUT2D eigenvalue weighted by Crippen LogP contribution is 2.26. The molecule has 3 aromatic rings. The van der Waals surface area contributed by atoms with Crippen LogP contribution in [0.15, 0.2) is 42.5 Å². The van der Waals surface area contributed by atoms with E-state index in [4.69, 9.17) is 4.74 Å². The molecule has 0 amide bonds. The van der Waals surface area contributed by atoms with Crippen molar-refractivity contribution >= 4 is 11.0 Å². The summed E-state index contributed by atoms with van der Waals surface area (Å²) in [6.45, 7) is 8.65. The van der Waals surface area contributed by atoms with Crippen LogP contribution in [0.2, 0.25) is 0 Å². The van der Waals surface area contributed by atoms with Gasteiger partial charge in [0, 0.05) is 38.3 Å². The molecular weight excluding hydrogens is 336 g/mol. The third-order valence-electron chi connectivity index (χ3n) is 5.31. The summed E-state index contributed by atoms with van der Waals surface area (Å²) in [7, 11) is 2.19. The van der Waals surface area contributed by atoms with E-state index in [2.05, 4.69) is 58.0 Å². The van der Waals surface area contributed by atoms with Gasteiger partial charge in [0.25, 0.3) is 0 Å². The number of likely N-dealkylation sites (N-methyl/N-ethyl adjacent to an activating group) is 1. The van der Waals surface area contributed by atoms with E-state index in [1.165, 1.54) is 26.2 Å². The molecule has 1 aliphatic rings. The van der Waals surface area contributed by atoms with Crippen molar-refractivity contribution in [2.75, 3.05) is 46.4 Å². The van der Waals surface area contributed by atoms with Gasteiger partial charge in [-0.05, 0) is 56.3 Å². The van der Waals surface area contributed by atoms with E-state index in [1.54, 1.807) is 0 Å². The maximum Gasteiger partial charge on any atom is 0.138 e. The standard InChI is InChI=1S/C22H28N4O/c1-17-16-18(22-23-19-6-3-4-7-20(19)24-22)8-9-21(17)27-15-5-10-26-13-11-25(2)12-14-26/h3-4,6-9,16H,5,10-15H2,1-2H3,(H,23,24). The Labute approximate surface area is 161 Å². The fraction of sp³-hybridized carbons (Fsp3) is 0.409. The van der Waals surface area contributed by atoms with E-state index >= 15 is 0 Å². The van der Waals surface area contributed by atoms with Gasteiger partial charge in [-0.1, -0.05) is 12.1 Å². The summed E-state index contributed by atoms with van der Waals surface area (Å²) in [5.41, 5.74) is 4.30. The first-order valence-corrected chi connectivity index (χ1v) is 9.78. The molecule has 5 heteroatoms. The Hall–Kier alpha value is -2.37. The van der Waals surface area contributed by atoms with Crippen LogP contribution in [0.5, 0.6) is 5.75 Å². The third kappa shape index (κ3) is 4.31. The summed E-state index contributed by atoms with van der Waals surface area (Å²) in [5.74, 6) is 1.87. The second-order valence-corrected chi connectivity index (χ2v) is 7.43. The molecule has 5 nitrogen and oxygen atoms in total. The Bertz CT molecular complexity index is 863. The largest absolute Gasteiger partial charge is 0.493 e. The minimum absolute atomic E-state index is 0.761. The molecular formula is C22H28N4O. The van der Waals surface area contributed by atoms with E-state index in [0.29, 0.717) is 0 Å². The Morgan fingerprint density at radius 3 is 2.67 bits per heavy atom. The maximum atomic E-state index is 6.03. The number of rotatable bonds is 6. The summed E-state index contributed by atoms with van der Waals surface area (Å²) >= 11 is 0. The molecule has 0 bridgehead atoms. The van der Waals surface area contributed by atoms with Crippen molar-refractivity contribution in [3.63, 3.8) is 0 Å². The van der Waals surface area contributed by atoms with E-state index in [9.17, 15) is 0 Å². The number of fused-ring (bicyclic) bond motifs is 1. The average molecular weight is 364 g/mol. The summed E-state index contributed by atoms with van der Waals surface area (Å²) in [4.78, 5) is 13.0. The summed E-state index contributed by atoms with van der Waals surface area (Å²) < 4.78 is 6.03. The van der Waals surface area contributed by atoms with Crippen molar-refractivity contribution in [1.82, 2.24) is 19.8 Å². The molecule has 0 spiro atoms. The van der Waals surface area contributed by atoms with Crippen molar-refractivity contribution in [3.05, 3.63) is 48.0 Å². The molecule has 2 heterocycles. The lowest BCUT2D eigenvalue weighted by Gasteiger charge is -2.32. The number of nitrogens with zero attached hydrogens (tertiary/aromatic N) is 3. The lowest BCUT2D eigenvalue weighted by Crippen LogP contribution is -2.44. The van der Waals surface area contributed by atoms with Crippen molar-refractivity contribution in [2.45, 2.75) is 13.3 Å². The van der Waals surface area contributed by atoms with Crippen molar-refractivity contribution in [1.29, 1.82) is 0 Å². The molecule has 0 saturated carbocycles. The fourth-order valence-corrected chi connectivity index (χ4v) is 3.59. The smallest absolute Gasteiger partial charge is 0.138 e. The van der Waals surface area contributed by atoms with Gasteiger partial charge in [0.2, 0.25) is 0 Å². The highest BCUT2D eigenvalue weighted by Gasteiger charge is 2.13. The topological polar surface area (TPSA) is 44.4 Å². The van der Waals surface area contributed by atoms with Crippen LogP contribution >= 0.6 is 0 Å². The molecule has 1 N–H and O–H groups in total. The number of aromatic nitrogens is 2. The SMILES string of the molecule is Cc1cc(-c2nc3ccccc3[nH]2)ccc1OCCCN1CCN(C)CC1. The number of imidazole rings is 1. The van der Waals surface area contributed by atoms with Crippen LogP contribution in [0.3, 0.4) is 0 Å². The molecule has 1 aliphatic heterocycles. The van der Waals surface area contributed by atoms with E-state index < -0.39 is 0 Å². The van der Waals surface area contributed by atoms with Crippen LogP contribution in [0.25, 0.3) is 22.4 Å². The number of hydrogen-bond acceptors (Lipinski definition) is 4. The number of benzene rings is 2.